The number of nitrogens with zero attached hydrogens (tertiary/aromatic N) is 2. The average molecular weight is 220 g/mol. The molecule has 1 aromatic rings. The number of carbonyl (C=O) groups excluding carboxylic acids is 1. The summed E-state index contributed by atoms with van der Waals surface area (Å²) in [7, 11) is 0. The van der Waals surface area contributed by atoms with Gasteiger partial charge in [-0.05, 0) is 33.8 Å². The van der Waals surface area contributed by atoms with Gasteiger partial charge < -0.3 is 0 Å². The zero-order valence-corrected chi connectivity index (χ0v) is 9.96. The monoisotopic (exact) mass is 220 g/mol. The van der Waals surface area contributed by atoms with Crippen LogP contribution < -0.4 is 10.9 Å². The lowest BCUT2D eigenvalue weighted by Crippen LogP contribution is -2.29. The fraction of sp³-hybridized carbons (Fsp3) is 0.364. The maximum Gasteiger partial charge on any atom is 0.262 e. The second-order valence-corrected chi connectivity index (χ2v) is 3.81. The van der Waals surface area contributed by atoms with Crippen molar-refractivity contribution in [2.24, 2.45) is 0 Å². The molecule has 5 nitrogen and oxygen atoms in total. The van der Waals surface area contributed by atoms with Crippen molar-refractivity contribution >= 4 is 11.9 Å². The number of hydrazine groups is 1. The van der Waals surface area contributed by atoms with Crippen LogP contribution in [0.25, 0.3) is 0 Å². The van der Waals surface area contributed by atoms with Gasteiger partial charge in [0.05, 0.1) is 0 Å². The Morgan fingerprint density at radius 3 is 2.31 bits per heavy atom. The zero-order valence-electron chi connectivity index (χ0n) is 9.96. The molecule has 0 aliphatic rings. The molecule has 0 unspecified atom stereocenters. The zero-order chi connectivity index (χ0) is 12.1. The summed E-state index contributed by atoms with van der Waals surface area (Å²) in [6, 6.07) is 1.86. The van der Waals surface area contributed by atoms with Gasteiger partial charge in [-0.2, -0.15) is 0 Å². The molecule has 0 spiro atoms. The van der Waals surface area contributed by atoms with E-state index in [4.69, 9.17) is 0 Å². The van der Waals surface area contributed by atoms with Crippen molar-refractivity contribution in [1.82, 2.24) is 15.4 Å². The maximum absolute atomic E-state index is 11.3. The van der Waals surface area contributed by atoms with E-state index in [2.05, 4.69) is 20.8 Å². The number of aromatic nitrogens is 2. The third-order valence-corrected chi connectivity index (χ3v) is 1.70. The fourth-order valence-corrected chi connectivity index (χ4v) is 1.20. The van der Waals surface area contributed by atoms with Crippen molar-refractivity contribution in [1.29, 1.82) is 0 Å². The smallest absolute Gasteiger partial charge is 0.262 e. The minimum Gasteiger partial charge on any atom is -0.268 e. The minimum atomic E-state index is -0.220. The number of allylic oxidation sites excluding steroid dienone is 1. The van der Waals surface area contributed by atoms with E-state index >= 15 is 0 Å². The molecule has 86 valence electrons. The Morgan fingerprint density at radius 2 is 1.81 bits per heavy atom. The molecule has 1 heterocycles. The van der Waals surface area contributed by atoms with Gasteiger partial charge in [-0.15, -0.1) is 0 Å². The lowest BCUT2D eigenvalue weighted by molar-refractivity contribution is -0.116. The summed E-state index contributed by atoms with van der Waals surface area (Å²) in [4.78, 5) is 19.5. The van der Waals surface area contributed by atoms with Crippen molar-refractivity contribution in [3.63, 3.8) is 0 Å². The highest BCUT2D eigenvalue weighted by Gasteiger charge is 2.00. The predicted octanol–water partition coefficient (Wildman–Crippen LogP) is 1.50. The molecule has 5 heteroatoms. The SMILES string of the molecule is CC(C)=CC(=O)NNc1nc(C)cc(C)n1. The molecule has 2 N–H and O–H groups in total. The first-order valence-electron chi connectivity index (χ1n) is 5.00. The first-order valence-corrected chi connectivity index (χ1v) is 5.00. The number of hydrogen-bond donors (Lipinski definition) is 2. The van der Waals surface area contributed by atoms with E-state index in [1.807, 2.05) is 33.8 Å². The Hall–Kier alpha value is -1.91. The number of amides is 1. The van der Waals surface area contributed by atoms with Crippen LogP contribution in [0.5, 0.6) is 0 Å². The largest absolute Gasteiger partial charge is 0.268 e. The molecule has 0 aromatic carbocycles. The van der Waals surface area contributed by atoms with E-state index in [0.29, 0.717) is 5.95 Å². The maximum atomic E-state index is 11.3. The number of rotatable bonds is 3. The highest BCUT2D eigenvalue weighted by atomic mass is 16.2. The van der Waals surface area contributed by atoms with Crippen molar-refractivity contribution in [3.05, 3.63) is 29.1 Å². The normalized spacial score (nSPS) is 9.50. The van der Waals surface area contributed by atoms with Crippen LogP contribution in [0.1, 0.15) is 25.2 Å². The molecule has 0 radical (unpaired) electrons. The molecular weight excluding hydrogens is 204 g/mol. The summed E-state index contributed by atoms with van der Waals surface area (Å²) in [5, 5.41) is 0. The van der Waals surface area contributed by atoms with Crippen molar-refractivity contribution in [3.8, 4) is 0 Å². The van der Waals surface area contributed by atoms with Gasteiger partial charge in [0.25, 0.3) is 5.91 Å². The number of hydrogen-bond acceptors (Lipinski definition) is 4. The molecule has 1 aromatic heterocycles. The topological polar surface area (TPSA) is 66.9 Å². The fourth-order valence-electron chi connectivity index (χ4n) is 1.20. The summed E-state index contributed by atoms with van der Waals surface area (Å²) >= 11 is 0. The minimum absolute atomic E-state index is 0.220. The van der Waals surface area contributed by atoms with Crippen LogP contribution in [0.2, 0.25) is 0 Å². The summed E-state index contributed by atoms with van der Waals surface area (Å²) < 4.78 is 0. The van der Waals surface area contributed by atoms with Crippen LogP contribution in [0.15, 0.2) is 17.7 Å². The molecule has 0 fully saturated rings. The van der Waals surface area contributed by atoms with Gasteiger partial charge in [0.15, 0.2) is 0 Å². The van der Waals surface area contributed by atoms with Crippen LogP contribution in [-0.4, -0.2) is 15.9 Å². The predicted molar refractivity (Wildman–Crippen MR) is 62.7 cm³/mol. The molecule has 0 saturated carbocycles. The van der Waals surface area contributed by atoms with Gasteiger partial charge in [0, 0.05) is 17.5 Å². The Kier molecular flexibility index (Phi) is 3.99. The Labute approximate surface area is 95.0 Å². The standard InChI is InChI=1S/C11H16N4O/c1-7(2)5-10(16)14-15-11-12-8(3)6-9(4)13-11/h5-6H,1-4H3,(H,14,16)(H,12,13,15). The van der Waals surface area contributed by atoms with E-state index in [0.717, 1.165) is 17.0 Å². The van der Waals surface area contributed by atoms with Crippen molar-refractivity contribution < 1.29 is 4.79 Å². The van der Waals surface area contributed by atoms with Crippen LogP contribution in [0.3, 0.4) is 0 Å². The summed E-state index contributed by atoms with van der Waals surface area (Å²) in [6.07, 6.45) is 1.50. The molecule has 1 amide bonds. The van der Waals surface area contributed by atoms with Crippen LogP contribution in [0.4, 0.5) is 5.95 Å². The number of carbonyl (C=O) groups is 1. The molecule has 16 heavy (non-hydrogen) atoms. The quantitative estimate of drug-likeness (QED) is 0.598. The molecule has 0 aliphatic carbocycles. The molecule has 0 saturated heterocycles. The summed E-state index contributed by atoms with van der Waals surface area (Å²) in [5.74, 6) is 0.177. The number of anilines is 1. The summed E-state index contributed by atoms with van der Waals surface area (Å²) in [5.41, 5.74) is 7.80. The van der Waals surface area contributed by atoms with E-state index in [-0.39, 0.29) is 5.91 Å². The molecular formula is C11H16N4O. The molecule has 0 atom stereocenters. The van der Waals surface area contributed by atoms with Crippen LogP contribution in [-0.2, 0) is 4.79 Å². The lowest BCUT2D eigenvalue weighted by atomic mass is 10.3. The van der Waals surface area contributed by atoms with Gasteiger partial charge in [0.2, 0.25) is 5.95 Å². The van der Waals surface area contributed by atoms with Gasteiger partial charge in [-0.25, -0.2) is 9.97 Å². The van der Waals surface area contributed by atoms with Gasteiger partial charge in [-0.1, -0.05) is 5.57 Å². The van der Waals surface area contributed by atoms with Crippen LogP contribution in [0, 0.1) is 13.8 Å². The Morgan fingerprint density at radius 1 is 1.25 bits per heavy atom. The highest BCUT2D eigenvalue weighted by molar-refractivity contribution is 5.88. The molecule has 0 bridgehead atoms. The van der Waals surface area contributed by atoms with Crippen molar-refractivity contribution in [2.45, 2.75) is 27.7 Å². The third kappa shape index (κ3) is 4.08. The van der Waals surface area contributed by atoms with Gasteiger partial charge in [-0.3, -0.25) is 15.6 Å². The van der Waals surface area contributed by atoms with E-state index in [1.165, 1.54) is 6.08 Å². The van der Waals surface area contributed by atoms with E-state index in [9.17, 15) is 4.79 Å². The Bertz CT molecular complexity index is 402. The first-order chi connectivity index (χ1) is 7.47. The number of aryl methyl sites for hydroxylation is 2. The van der Waals surface area contributed by atoms with E-state index < -0.39 is 0 Å². The number of nitrogens with one attached hydrogen (secondary N) is 2. The third-order valence-electron chi connectivity index (χ3n) is 1.70. The van der Waals surface area contributed by atoms with E-state index in [1.54, 1.807) is 0 Å². The molecule has 1 rings (SSSR count). The second-order valence-electron chi connectivity index (χ2n) is 3.81. The first kappa shape index (κ1) is 12.2. The summed E-state index contributed by atoms with van der Waals surface area (Å²) in [6.45, 7) is 7.45. The Balaban J connectivity index is 2.61. The average Bonchev–Trinajstić information content (AvgIpc) is 2.12. The lowest BCUT2D eigenvalue weighted by Gasteiger charge is -2.06. The van der Waals surface area contributed by atoms with Gasteiger partial charge >= 0.3 is 0 Å². The van der Waals surface area contributed by atoms with Crippen molar-refractivity contribution in [2.75, 3.05) is 5.43 Å². The molecule has 0 aliphatic heterocycles. The second kappa shape index (κ2) is 5.25. The van der Waals surface area contributed by atoms with Crippen LogP contribution >= 0.6 is 0 Å². The van der Waals surface area contributed by atoms with Gasteiger partial charge in [0.1, 0.15) is 0 Å². The highest BCUT2D eigenvalue weighted by Crippen LogP contribution is 2.02.